The molecule has 0 unspecified atom stereocenters. The van der Waals surface area contributed by atoms with E-state index >= 15 is 0 Å². The lowest BCUT2D eigenvalue weighted by Crippen LogP contribution is -2.24. The Morgan fingerprint density at radius 1 is 1.25 bits per heavy atom. The molecule has 0 saturated carbocycles. The third kappa shape index (κ3) is 3.71. The second kappa shape index (κ2) is 7.12. The van der Waals surface area contributed by atoms with Crippen LogP contribution >= 0.6 is 0 Å². The van der Waals surface area contributed by atoms with Crippen molar-refractivity contribution in [3.05, 3.63) is 71.4 Å². The number of benzene rings is 1. The summed E-state index contributed by atoms with van der Waals surface area (Å²) in [7, 11) is 0. The molecule has 0 spiro atoms. The molecule has 2 aromatic heterocycles. The van der Waals surface area contributed by atoms with Crippen LogP contribution < -0.4 is 5.32 Å². The molecular formula is C18H20N4O2. The van der Waals surface area contributed by atoms with Gasteiger partial charge in [-0.1, -0.05) is 43.3 Å². The van der Waals surface area contributed by atoms with Crippen molar-refractivity contribution in [2.75, 3.05) is 0 Å². The van der Waals surface area contributed by atoms with Crippen LogP contribution in [-0.4, -0.2) is 20.8 Å². The van der Waals surface area contributed by atoms with Crippen LogP contribution in [0, 0.1) is 0 Å². The van der Waals surface area contributed by atoms with Crippen LogP contribution in [0.25, 0.3) is 0 Å². The Kier molecular flexibility index (Phi) is 4.74. The van der Waals surface area contributed by atoms with E-state index < -0.39 is 0 Å². The first-order chi connectivity index (χ1) is 11.6. The maximum atomic E-state index is 12.2. The topological polar surface area (TPSA) is 73.0 Å². The lowest BCUT2D eigenvalue weighted by Gasteiger charge is -2.10. The quantitative estimate of drug-likeness (QED) is 0.756. The molecule has 0 saturated heterocycles. The van der Waals surface area contributed by atoms with E-state index in [4.69, 9.17) is 4.52 Å². The first kappa shape index (κ1) is 16.0. The number of nitrogens with zero attached hydrogens (tertiary/aromatic N) is 3. The molecular weight excluding hydrogens is 304 g/mol. The van der Waals surface area contributed by atoms with Crippen molar-refractivity contribution in [1.82, 2.24) is 20.3 Å². The van der Waals surface area contributed by atoms with Gasteiger partial charge in [-0.25, -0.2) is 0 Å². The Bertz CT molecular complexity index is 806. The molecule has 1 amide bonds. The number of hydrogen-bond acceptors (Lipinski definition) is 4. The van der Waals surface area contributed by atoms with Gasteiger partial charge in [-0.2, -0.15) is 5.10 Å². The van der Waals surface area contributed by atoms with Crippen LogP contribution in [0.1, 0.15) is 47.1 Å². The number of aromatic nitrogens is 3. The predicted octanol–water partition coefficient (Wildman–Crippen LogP) is 2.97. The van der Waals surface area contributed by atoms with Crippen LogP contribution in [-0.2, 0) is 13.1 Å². The van der Waals surface area contributed by atoms with E-state index in [1.807, 2.05) is 55.1 Å². The standard InChI is InChI=1S/C18H20N4O2/c1-13(2)17-10-16(21-24-17)18(23)19-11-14-6-3-4-7-15(14)12-22-9-5-8-20-22/h3-10,13H,11-12H2,1-2H3,(H,19,23). The van der Waals surface area contributed by atoms with E-state index in [1.165, 1.54) is 0 Å². The van der Waals surface area contributed by atoms with Crippen molar-refractivity contribution in [3.63, 3.8) is 0 Å². The summed E-state index contributed by atoms with van der Waals surface area (Å²) in [5.41, 5.74) is 2.47. The zero-order valence-electron chi connectivity index (χ0n) is 13.8. The van der Waals surface area contributed by atoms with Gasteiger partial charge < -0.3 is 9.84 Å². The highest BCUT2D eigenvalue weighted by Gasteiger charge is 2.14. The number of amides is 1. The lowest BCUT2D eigenvalue weighted by atomic mass is 10.1. The average Bonchev–Trinajstić information content (AvgIpc) is 3.25. The molecule has 0 atom stereocenters. The van der Waals surface area contributed by atoms with Gasteiger partial charge in [0.2, 0.25) is 0 Å². The third-order valence-electron chi connectivity index (χ3n) is 3.78. The molecule has 3 aromatic rings. The molecule has 24 heavy (non-hydrogen) atoms. The predicted molar refractivity (Wildman–Crippen MR) is 89.5 cm³/mol. The monoisotopic (exact) mass is 324 g/mol. The summed E-state index contributed by atoms with van der Waals surface area (Å²) < 4.78 is 7.03. The summed E-state index contributed by atoms with van der Waals surface area (Å²) in [4.78, 5) is 12.2. The van der Waals surface area contributed by atoms with Gasteiger partial charge in [0, 0.05) is 30.9 Å². The Labute approximate surface area is 140 Å². The van der Waals surface area contributed by atoms with Crippen molar-refractivity contribution in [1.29, 1.82) is 0 Å². The second-order valence-corrected chi connectivity index (χ2v) is 5.92. The summed E-state index contributed by atoms with van der Waals surface area (Å²) in [5.74, 6) is 0.674. The van der Waals surface area contributed by atoms with E-state index in [9.17, 15) is 4.79 Å². The first-order valence-corrected chi connectivity index (χ1v) is 7.92. The highest BCUT2D eigenvalue weighted by Crippen LogP contribution is 2.15. The van der Waals surface area contributed by atoms with Crippen LogP contribution in [0.4, 0.5) is 0 Å². The smallest absolute Gasteiger partial charge is 0.273 e. The maximum Gasteiger partial charge on any atom is 0.273 e. The molecule has 0 aliphatic carbocycles. The molecule has 0 aliphatic rings. The van der Waals surface area contributed by atoms with E-state index in [2.05, 4.69) is 15.6 Å². The van der Waals surface area contributed by atoms with Gasteiger partial charge in [0.1, 0.15) is 5.76 Å². The molecule has 2 heterocycles. The zero-order chi connectivity index (χ0) is 16.9. The molecule has 0 aliphatic heterocycles. The minimum absolute atomic E-state index is 0.203. The van der Waals surface area contributed by atoms with Crippen molar-refractivity contribution in [2.45, 2.75) is 32.9 Å². The van der Waals surface area contributed by atoms with E-state index in [-0.39, 0.29) is 11.8 Å². The Morgan fingerprint density at radius 3 is 2.71 bits per heavy atom. The van der Waals surface area contributed by atoms with Crippen molar-refractivity contribution >= 4 is 5.91 Å². The number of hydrogen-bond donors (Lipinski definition) is 1. The fourth-order valence-corrected chi connectivity index (χ4v) is 2.39. The largest absolute Gasteiger partial charge is 0.360 e. The van der Waals surface area contributed by atoms with Gasteiger partial charge in [0.05, 0.1) is 6.54 Å². The van der Waals surface area contributed by atoms with Gasteiger partial charge in [0.15, 0.2) is 5.69 Å². The molecule has 0 fully saturated rings. The van der Waals surface area contributed by atoms with Gasteiger partial charge in [-0.05, 0) is 17.2 Å². The average molecular weight is 324 g/mol. The molecule has 0 bridgehead atoms. The second-order valence-electron chi connectivity index (χ2n) is 5.92. The van der Waals surface area contributed by atoms with Gasteiger partial charge >= 0.3 is 0 Å². The Morgan fingerprint density at radius 2 is 2.04 bits per heavy atom. The summed E-state index contributed by atoms with van der Waals surface area (Å²) in [6, 6.07) is 11.6. The number of rotatable bonds is 6. The summed E-state index contributed by atoms with van der Waals surface area (Å²) >= 11 is 0. The van der Waals surface area contributed by atoms with Crippen molar-refractivity contribution in [3.8, 4) is 0 Å². The minimum Gasteiger partial charge on any atom is -0.360 e. The third-order valence-corrected chi connectivity index (χ3v) is 3.78. The van der Waals surface area contributed by atoms with Crippen LogP contribution in [0.2, 0.25) is 0 Å². The summed E-state index contributed by atoms with van der Waals surface area (Å²) in [5, 5.41) is 10.9. The van der Waals surface area contributed by atoms with Crippen LogP contribution in [0.15, 0.2) is 53.3 Å². The Hall–Kier alpha value is -2.89. The maximum absolute atomic E-state index is 12.2. The molecule has 6 nitrogen and oxygen atoms in total. The normalized spacial score (nSPS) is 11.0. The first-order valence-electron chi connectivity index (χ1n) is 7.92. The minimum atomic E-state index is -0.237. The molecule has 124 valence electrons. The Balaban J connectivity index is 1.66. The van der Waals surface area contributed by atoms with Gasteiger partial charge in [-0.3, -0.25) is 9.48 Å². The fraction of sp³-hybridized carbons (Fsp3) is 0.278. The molecule has 0 radical (unpaired) electrons. The molecule has 1 aromatic carbocycles. The number of nitrogens with one attached hydrogen (secondary N) is 1. The summed E-state index contributed by atoms with van der Waals surface area (Å²) in [6.07, 6.45) is 3.67. The number of carbonyl (C=O) groups excluding carboxylic acids is 1. The fourth-order valence-electron chi connectivity index (χ4n) is 2.39. The highest BCUT2D eigenvalue weighted by atomic mass is 16.5. The molecule has 3 rings (SSSR count). The van der Waals surface area contributed by atoms with Gasteiger partial charge in [0.25, 0.3) is 5.91 Å². The SMILES string of the molecule is CC(C)c1cc(C(=O)NCc2ccccc2Cn2cccn2)no1. The molecule has 6 heteroatoms. The molecule has 1 N–H and O–H groups in total. The van der Waals surface area contributed by atoms with Gasteiger partial charge in [-0.15, -0.1) is 0 Å². The van der Waals surface area contributed by atoms with Crippen molar-refractivity contribution < 1.29 is 9.32 Å². The number of carbonyl (C=O) groups is 1. The summed E-state index contributed by atoms with van der Waals surface area (Å²) in [6.45, 7) is 5.09. The van der Waals surface area contributed by atoms with Crippen LogP contribution in [0.3, 0.4) is 0 Å². The van der Waals surface area contributed by atoms with Crippen molar-refractivity contribution in [2.24, 2.45) is 0 Å². The van der Waals surface area contributed by atoms with E-state index in [1.54, 1.807) is 12.3 Å². The highest BCUT2D eigenvalue weighted by molar-refractivity contribution is 5.92. The van der Waals surface area contributed by atoms with E-state index in [0.29, 0.717) is 24.5 Å². The van der Waals surface area contributed by atoms with E-state index in [0.717, 1.165) is 11.1 Å². The van der Waals surface area contributed by atoms with Crippen LogP contribution in [0.5, 0.6) is 0 Å². The lowest BCUT2D eigenvalue weighted by molar-refractivity contribution is 0.0941. The zero-order valence-corrected chi connectivity index (χ0v) is 13.8.